The maximum atomic E-state index is 11.5. The Hall–Kier alpha value is -0.520. The number of esters is 1. The quantitative estimate of drug-likeness (QED) is 0.646. The summed E-state index contributed by atoms with van der Waals surface area (Å²) in [5.41, 5.74) is 0. The molecule has 1 unspecified atom stereocenters. The molecular formula is C12H16BrNO2S. The molecule has 0 spiro atoms. The van der Waals surface area contributed by atoms with Crippen molar-refractivity contribution in [3.63, 3.8) is 0 Å². The summed E-state index contributed by atoms with van der Waals surface area (Å²) in [5, 5.41) is 2.96. The number of thioether (sulfide) groups is 1. The predicted octanol–water partition coefficient (Wildman–Crippen LogP) is 2.69. The second kappa shape index (κ2) is 7.74. The van der Waals surface area contributed by atoms with Gasteiger partial charge in [-0.3, -0.25) is 4.79 Å². The van der Waals surface area contributed by atoms with Crippen LogP contribution in [0.3, 0.4) is 0 Å². The highest BCUT2D eigenvalue weighted by molar-refractivity contribution is 9.10. The van der Waals surface area contributed by atoms with Gasteiger partial charge in [-0.1, -0.05) is 15.9 Å². The van der Waals surface area contributed by atoms with Crippen LogP contribution in [0.4, 0.5) is 0 Å². The van der Waals surface area contributed by atoms with Crippen LogP contribution in [0.1, 0.15) is 6.92 Å². The van der Waals surface area contributed by atoms with Crippen LogP contribution in [0, 0.1) is 0 Å². The molecule has 94 valence electrons. The lowest BCUT2D eigenvalue weighted by Gasteiger charge is -2.14. The van der Waals surface area contributed by atoms with Gasteiger partial charge in [0.2, 0.25) is 0 Å². The average molecular weight is 318 g/mol. The third-order valence-electron chi connectivity index (χ3n) is 2.15. The Kier molecular flexibility index (Phi) is 6.62. The molecule has 0 heterocycles. The fourth-order valence-electron chi connectivity index (χ4n) is 1.22. The summed E-state index contributed by atoms with van der Waals surface area (Å²) in [7, 11) is 1.77. The van der Waals surface area contributed by atoms with Crippen LogP contribution in [0.2, 0.25) is 0 Å². The van der Waals surface area contributed by atoms with Gasteiger partial charge in [0.1, 0.15) is 6.04 Å². The van der Waals surface area contributed by atoms with Gasteiger partial charge in [0.05, 0.1) is 6.61 Å². The zero-order valence-corrected chi connectivity index (χ0v) is 12.3. The molecule has 0 fully saturated rings. The third kappa shape index (κ3) is 5.10. The first kappa shape index (κ1) is 14.5. The van der Waals surface area contributed by atoms with Gasteiger partial charge in [0, 0.05) is 15.1 Å². The van der Waals surface area contributed by atoms with E-state index >= 15 is 0 Å². The highest BCUT2D eigenvalue weighted by Crippen LogP contribution is 2.21. The van der Waals surface area contributed by atoms with Gasteiger partial charge in [-0.05, 0) is 38.2 Å². The van der Waals surface area contributed by atoms with E-state index < -0.39 is 0 Å². The van der Waals surface area contributed by atoms with Crippen molar-refractivity contribution in [3.05, 3.63) is 28.7 Å². The Bertz CT molecular complexity index is 356. The van der Waals surface area contributed by atoms with E-state index in [0.717, 1.165) is 9.37 Å². The minimum absolute atomic E-state index is 0.195. The molecule has 5 heteroatoms. The molecule has 0 saturated carbocycles. The Morgan fingerprint density at radius 3 is 2.65 bits per heavy atom. The Labute approximate surface area is 114 Å². The van der Waals surface area contributed by atoms with Gasteiger partial charge in [-0.25, -0.2) is 0 Å². The Balaban J connectivity index is 2.47. The number of carbonyl (C=O) groups is 1. The van der Waals surface area contributed by atoms with Gasteiger partial charge in [0.25, 0.3) is 0 Å². The molecule has 0 aromatic heterocycles. The molecule has 1 aromatic rings. The molecule has 1 aromatic carbocycles. The van der Waals surface area contributed by atoms with Crippen molar-refractivity contribution in [2.45, 2.75) is 17.9 Å². The van der Waals surface area contributed by atoms with Crippen molar-refractivity contribution in [2.24, 2.45) is 0 Å². The van der Waals surface area contributed by atoms with Crippen LogP contribution >= 0.6 is 27.7 Å². The van der Waals surface area contributed by atoms with Gasteiger partial charge >= 0.3 is 5.97 Å². The molecule has 0 aliphatic carbocycles. The Morgan fingerprint density at radius 1 is 1.47 bits per heavy atom. The van der Waals surface area contributed by atoms with Crippen LogP contribution < -0.4 is 5.32 Å². The zero-order valence-electron chi connectivity index (χ0n) is 9.90. The minimum Gasteiger partial charge on any atom is -0.465 e. The maximum Gasteiger partial charge on any atom is 0.323 e. The molecular weight excluding hydrogens is 302 g/mol. The number of benzene rings is 1. The van der Waals surface area contributed by atoms with E-state index in [1.807, 2.05) is 31.2 Å². The van der Waals surface area contributed by atoms with Crippen LogP contribution in [0.25, 0.3) is 0 Å². The highest BCUT2D eigenvalue weighted by Gasteiger charge is 2.17. The van der Waals surface area contributed by atoms with Crippen LogP contribution in [-0.4, -0.2) is 31.4 Å². The number of likely N-dealkylation sites (N-methyl/N-ethyl adjacent to an activating group) is 1. The fourth-order valence-corrected chi connectivity index (χ4v) is 2.48. The summed E-state index contributed by atoms with van der Waals surface area (Å²) in [6.45, 7) is 2.23. The topological polar surface area (TPSA) is 38.3 Å². The lowest BCUT2D eigenvalue weighted by atomic mass is 10.3. The maximum absolute atomic E-state index is 11.5. The summed E-state index contributed by atoms with van der Waals surface area (Å²) >= 11 is 5.02. The summed E-state index contributed by atoms with van der Waals surface area (Å²) in [5.74, 6) is 0.469. The largest absolute Gasteiger partial charge is 0.465 e. The van der Waals surface area contributed by atoms with E-state index in [1.165, 1.54) is 0 Å². The molecule has 0 amide bonds. The van der Waals surface area contributed by atoms with E-state index in [9.17, 15) is 4.79 Å². The first-order valence-electron chi connectivity index (χ1n) is 5.39. The molecule has 17 heavy (non-hydrogen) atoms. The van der Waals surface area contributed by atoms with Crippen molar-refractivity contribution in [1.82, 2.24) is 5.32 Å². The number of carbonyl (C=O) groups excluding carboxylic acids is 1. The summed E-state index contributed by atoms with van der Waals surface area (Å²) in [6, 6.07) is 7.75. The number of nitrogens with one attached hydrogen (secondary N) is 1. The predicted molar refractivity (Wildman–Crippen MR) is 74.3 cm³/mol. The first-order chi connectivity index (χ1) is 8.17. The van der Waals surface area contributed by atoms with Crippen LogP contribution in [-0.2, 0) is 9.53 Å². The molecule has 0 bridgehead atoms. The van der Waals surface area contributed by atoms with Crippen molar-refractivity contribution >= 4 is 33.7 Å². The van der Waals surface area contributed by atoms with Crippen molar-refractivity contribution in [3.8, 4) is 0 Å². The minimum atomic E-state index is -0.261. The monoisotopic (exact) mass is 317 g/mol. The Morgan fingerprint density at radius 2 is 2.12 bits per heavy atom. The number of hydrogen-bond acceptors (Lipinski definition) is 4. The highest BCUT2D eigenvalue weighted by atomic mass is 79.9. The van der Waals surface area contributed by atoms with Gasteiger partial charge < -0.3 is 10.1 Å². The van der Waals surface area contributed by atoms with E-state index in [-0.39, 0.29) is 12.0 Å². The standard InChI is InChI=1S/C12H16BrNO2S/c1-3-16-12(15)11(14-2)8-17-10-6-4-9(13)5-7-10/h4-7,11,14H,3,8H2,1-2H3. The molecule has 1 atom stereocenters. The van der Waals surface area contributed by atoms with E-state index in [1.54, 1.807) is 18.8 Å². The molecule has 1 rings (SSSR count). The SMILES string of the molecule is CCOC(=O)C(CSc1ccc(Br)cc1)NC. The fraction of sp³-hybridized carbons (Fsp3) is 0.417. The van der Waals surface area contributed by atoms with Crippen molar-refractivity contribution < 1.29 is 9.53 Å². The smallest absolute Gasteiger partial charge is 0.323 e. The average Bonchev–Trinajstić information content (AvgIpc) is 2.32. The second-order valence-electron chi connectivity index (χ2n) is 3.36. The summed E-state index contributed by atoms with van der Waals surface area (Å²) < 4.78 is 6.03. The number of hydrogen-bond donors (Lipinski definition) is 1. The lowest BCUT2D eigenvalue weighted by Crippen LogP contribution is -2.37. The van der Waals surface area contributed by atoms with Crippen molar-refractivity contribution in [1.29, 1.82) is 0 Å². The summed E-state index contributed by atoms with van der Waals surface area (Å²) in [4.78, 5) is 12.7. The zero-order chi connectivity index (χ0) is 12.7. The molecule has 0 radical (unpaired) electrons. The second-order valence-corrected chi connectivity index (χ2v) is 5.37. The van der Waals surface area contributed by atoms with Crippen molar-refractivity contribution in [2.75, 3.05) is 19.4 Å². The normalized spacial score (nSPS) is 12.2. The molecule has 1 N–H and O–H groups in total. The molecule has 0 aliphatic rings. The molecule has 3 nitrogen and oxygen atoms in total. The van der Waals surface area contributed by atoms with Crippen LogP contribution in [0.15, 0.2) is 33.6 Å². The van der Waals surface area contributed by atoms with Crippen LogP contribution in [0.5, 0.6) is 0 Å². The van der Waals surface area contributed by atoms with Gasteiger partial charge in [-0.15, -0.1) is 11.8 Å². The summed E-state index contributed by atoms with van der Waals surface area (Å²) in [6.07, 6.45) is 0. The third-order valence-corrected chi connectivity index (χ3v) is 3.78. The number of ether oxygens (including phenoxy) is 1. The number of rotatable bonds is 6. The van der Waals surface area contributed by atoms with E-state index in [2.05, 4.69) is 21.2 Å². The lowest BCUT2D eigenvalue weighted by molar-refractivity contribution is -0.144. The first-order valence-corrected chi connectivity index (χ1v) is 7.17. The van der Waals surface area contributed by atoms with E-state index in [4.69, 9.17) is 4.74 Å². The van der Waals surface area contributed by atoms with E-state index in [0.29, 0.717) is 12.4 Å². The molecule has 0 aliphatic heterocycles. The van der Waals surface area contributed by atoms with Gasteiger partial charge in [0.15, 0.2) is 0 Å². The van der Waals surface area contributed by atoms with Gasteiger partial charge in [-0.2, -0.15) is 0 Å². The molecule has 0 saturated heterocycles. The number of halogens is 1.